The maximum atomic E-state index is 12.4. The van der Waals surface area contributed by atoms with Crippen molar-refractivity contribution in [3.05, 3.63) is 42.5 Å². The second-order valence-corrected chi connectivity index (χ2v) is 4.99. The summed E-state index contributed by atoms with van der Waals surface area (Å²) in [6.07, 6.45) is -0.701. The molecule has 0 bridgehead atoms. The molecule has 0 heterocycles. The van der Waals surface area contributed by atoms with Crippen LogP contribution in [0.5, 0.6) is 23.0 Å². The Morgan fingerprint density at radius 1 is 0.917 bits per heavy atom. The van der Waals surface area contributed by atoms with Gasteiger partial charge in [0.2, 0.25) is 0 Å². The minimum atomic E-state index is -0.701. The predicted octanol–water partition coefficient (Wildman–Crippen LogP) is 3.12. The first kappa shape index (κ1) is 17.5. The molecule has 0 aromatic heterocycles. The Hall–Kier alpha value is -2.89. The van der Waals surface area contributed by atoms with Crippen molar-refractivity contribution in [2.24, 2.45) is 0 Å². The van der Waals surface area contributed by atoms with Gasteiger partial charge in [-0.25, -0.2) is 0 Å². The fraction of sp³-hybridized carbons (Fsp3) is 0.278. The Morgan fingerprint density at radius 3 is 2.25 bits per heavy atom. The monoisotopic (exact) mass is 331 g/mol. The van der Waals surface area contributed by atoms with E-state index in [9.17, 15) is 4.79 Å². The highest BCUT2D eigenvalue weighted by atomic mass is 16.5. The lowest BCUT2D eigenvalue weighted by Gasteiger charge is -2.17. The van der Waals surface area contributed by atoms with Gasteiger partial charge in [-0.1, -0.05) is 6.07 Å². The molecule has 0 saturated carbocycles. The molecule has 24 heavy (non-hydrogen) atoms. The van der Waals surface area contributed by atoms with E-state index in [0.717, 1.165) is 0 Å². The number of carbonyl (C=O) groups excluding carboxylic acids is 1. The summed E-state index contributed by atoms with van der Waals surface area (Å²) in [7, 11) is 4.67. The molecular weight excluding hydrogens is 310 g/mol. The van der Waals surface area contributed by atoms with E-state index in [4.69, 9.17) is 18.9 Å². The summed E-state index contributed by atoms with van der Waals surface area (Å²) in [5.74, 6) is 2.07. The first-order valence-electron chi connectivity index (χ1n) is 7.41. The van der Waals surface area contributed by atoms with Crippen LogP contribution in [0, 0.1) is 0 Å². The minimum absolute atomic E-state index is 0.302. The highest BCUT2D eigenvalue weighted by Gasteiger charge is 2.17. The highest BCUT2D eigenvalue weighted by Crippen LogP contribution is 2.29. The van der Waals surface area contributed by atoms with Gasteiger partial charge in [0.15, 0.2) is 6.10 Å². The molecule has 2 rings (SSSR count). The van der Waals surface area contributed by atoms with E-state index >= 15 is 0 Å². The third-order valence-corrected chi connectivity index (χ3v) is 3.39. The molecule has 0 spiro atoms. The maximum Gasteiger partial charge on any atom is 0.265 e. The number of hydrogen-bond donors (Lipinski definition) is 1. The first-order valence-corrected chi connectivity index (χ1v) is 7.41. The molecule has 1 N–H and O–H groups in total. The summed E-state index contributed by atoms with van der Waals surface area (Å²) in [6.45, 7) is 1.67. The van der Waals surface area contributed by atoms with E-state index in [2.05, 4.69) is 5.32 Å². The molecule has 6 nitrogen and oxygen atoms in total. The van der Waals surface area contributed by atoms with E-state index in [-0.39, 0.29) is 5.91 Å². The van der Waals surface area contributed by atoms with Gasteiger partial charge in [-0.05, 0) is 31.2 Å². The van der Waals surface area contributed by atoms with Crippen molar-refractivity contribution in [3.8, 4) is 23.0 Å². The van der Waals surface area contributed by atoms with Crippen molar-refractivity contribution in [1.82, 2.24) is 0 Å². The van der Waals surface area contributed by atoms with Crippen molar-refractivity contribution < 1.29 is 23.7 Å². The number of nitrogens with one attached hydrogen (secondary N) is 1. The molecule has 0 radical (unpaired) electrons. The molecule has 0 aliphatic carbocycles. The van der Waals surface area contributed by atoms with Gasteiger partial charge in [-0.15, -0.1) is 0 Å². The Balaban J connectivity index is 2.08. The van der Waals surface area contributed by atoms with Crippen LogP contribution in [0.15, 0.2) is 42.5 Å². The van der Waals surface area contributed by atoms with Crippen molar-refractivity contribution in [2.45, 2.75) is 13.0 Å². The molecule has 2 aromatic rings. The Labute approximate surface area is 141 Å². The van der Waals surface area contributed by atoms with Gasteiger partial charge in [0.1, 0.15) is 23.0 Å². The summed E-state index contributed by atoms with van der Waals surface area (Å²) in [5.41, 5.74) is 0.517. The largest absolute Gasteiger partial charge is 0.497 e. The summed E-state index contributed by atoms with van der Waals surface area (Å²) in [5, 5.41) is 2.78. The maximum absolute atomic E-state index is 12.4. The van der Waals surface area contributed by atoms with Crippen LogP contribution in [-0.4, -0.2) is 33.3 Å². The second-order valence-electron chi connectivity index (χ2n) is 4.99. The highest BCUT2D eigenvalue weighted by molar-refractivity contribution is 5.95. The van der Waals surface area contributed by atoms with E-state index in [1.54, 1.807) is 63.6 Å². The average molecular weight is 331 g/mol. The predicted molar refractivity (Wildman–Crippen MR) is 91.3 cm³/mol. The Bertz CT molecular complexity index is 702. The van der Waals surface area contributed by atoms with Crippen molar-refractivity contribution in [2.75, 3.05) is 26.6 Å². The van der Waals surface area contributed by atoms with E-state index in [0.29, 0.717) is 28.7 Å². The van der Waals surface area contributed by atoms with Crippen LogP contribution in [0.2, 0.25) is 0 Å². The van der Waals surface area contributed by atoms with Gasteiger partial charge < -0.3 is 24.3 Å². The van der Waals surface area contributed by atoms with Gasteiger partial charge in [0, 0.05) is 12.1 Å². The van der Waals surface area contributed by atoms with Crippen molar-refractivity contribution in [1.29, 1.82) is 0 Å². The third kappa shape index (κ3) is 4.32. The second kappa shape index (κ2) is 8.10. The van der Waals surface area contributed by atoms with Crippen LogP contribution >= 0.6 is 0 Å². The lowest BCUT2D eigenvalue weighted by molar-refractivity contribution is -0.122. The summed E-state index contributed by atoms with van der Waals surface area (Å²) in [4.78, 5) is 12.4. The molecule has 1 amide bonds. The summed E-state index contributed by atoms with van der Waals surface area (Å²) < 4.78 is 21.2. The van der Waals surface area contributed by atoms with E-state index < -0.39 is 6.10 Å². The average Bonchev–Trinajstić information content (AvgIpc) is 2.61. The minimum Gasteiger partial charge on any atom is -0.497 e. The van der Waals surface area contributed by atoms with Crippen LogP contribution in [0.25, 0.3) is 0 Å². The SMILES string of the molecule is COc1cccc(O[C@H](C)C(=O)Nc2cc(OC)ccc2OC)c1. The normalized spacial score (nSPS) is 11.3. The molecule has 0 saturated heterocycles. The lowest BCUT2D eigenvalue weighted by atomic mass is 10.2. The van der Waals surface area contributed by atoms with Crippen molar-refractivity contribution >= 4 is 11.6 Å². The number of hydrogen-bond acceptors (Lipinski definition) is 5. The van der Waals surface area contributed by atoms with Gasteiger partial charge in [0.25, 0.3) is 5.91 Å². The molecule has 128 valence electrons. The number of methoxy groups -OCH3 is 3. The first-order chi connectivity index (χ1) is 11.6. The van der Waals surface area contributed by atoms with Crippen molar-refractivity contribution in [3.63, 3.8) is 0 Å². The quantitative estimate of drug-likeness (QED) is 0.844. The Morgan fingerprint density at radius 2 is 1.58 bits per heavy atom. The lowest BCUT2D eigenvalue weighted by Crippen LogP contribution is -2.30. The zero-order valence-corrected chi connectivity index (χ0v) is 14.2. The number of ether oxygens (including phenoxy) is 4. The summed E-state index contributed by atoms with van der Waals surface area (Å²) in [6, 6.07) is 12.2. The van der Waals surface area contributed by atoms with Gasteiger partial charge in [-0.3, -0.25) is 4.79 Å². The van der Waals surface area contributed by atoms with Crippen LogP contribution < -0.4 is 24.3 Å². The molecule has 0 aliphatic rings. The number of benzene rings is 2. The Kier molecular flexibility index (Phi) is 5.89. The van der Waals surface area contributed by atoms with Crippen LogP contribution in [0.4, 0.5) is 5.69 Å². The molecule has 6 heteroatoms. The molecule has 0 fully saturated rings. The number of rotatable bonds is 7. The smallest absolute Gasteiger partial charge is 0.265 e. The number of amides is 1. The molecular formula is C18H21NO5. The van der Waals surface area contributed by atoms with E-state index in [1.807, 2.05) is 0 Å². The summed E-state index contributed by atoms with van der Waals surface area (Å²) >= 11 is 0. The zero-order valence-electron chi connectivity index (χ0n) is 14.2. The molecule has 2 aromatic carbocycles. The van der Waals surface area contributed by atoms with Gasteiger partial charge >= 0.3 is 0 Å². The molecule has 1 atom stereocenters. The number of carbonyl (C=O) groups is 1. The van der Waals surface area contributed by atoms with E-state index in [1.165, 1.54) is 7.11 Å². The van der Waals surface area contributed by atoms with Crippen LogP contribution in [-0.2, 0) is 4.79 Å². The topological polar surface area (TPSA) is 66.0 Å². The number of anilines is 1. The van der Waals surface area contributed by atoms with Crippen LogP contribution in [0.1, 0.15) is 6.92 Å². The molecule has 0 unspecified atom stereocenters. The fourth-order valence-corrected chi connectivity index (χ4v) is 2.08. The zero-order chi connectivity index (χ0) is 17.5. The third-order valence-electron chi connectivity index (χ3n) is 3.39. The standard InChI is InChI=1S/C18H21NO5/c1-12(24-15-7-5-6-13(10-15)21-2)18(20)19-16-11-14(22-3)8-9-17(16)23-4/h5-12H,1-4H3,(H,19,20)/t12-/m1/s1. The molecule has 0 aliphatic heterocycles. The van der Waals surface area contributed by atoms with Gasteiger partial charge in [0.05, 0.1) is 27.0 Å². The van der Waals surface area contributed by atoms with Gasteiger partial charge in [-0.2, -0.15) is 0 Å². The fourth-order valence-electron chi connectivity index (χ4n) is 2.08. The van der Waals surface area contributed by atoms with Crippen LogP contribution in [0.3, 0.4) is 0 Å².